The number of alkyl halides is 2. The van der Waals surface area contributed by atoms with Gasteiger partial charge in [-0.1, -0.05) is 11.8 Å². The van der Waals surface area contributed by atoms with Gasteiger partial charge in [-0.2, -0.15) is 8.78 Å². The molecule has 1 aromatic rings. The van der Waals surface area contributed by atoms with Crippen LogP contribution in [0.25, 0.3) is 0 Å². The molecule has 0 bridgehead atoms. The predicted octanol–water partition coefficient (Wildman–Crippen LogP) is 2.21. The van der Waals surface area contributed by atoms with Gasteiger partial charge in [-0.25, -0.2) is 0 Å². The standard InChI is InChI=1S/C10H15F2NO2S/c1-7(5-14)13-4-8-2-3-9(15-8)6-16-10(11)12/h2-3,7,10,13-14H,4-6H2,1H3. The average molecular weight is 251 g/mol. The number of thioether (sulfide) groups is 1. The van der Waals surface area contributed by atoms with Gasteiger partial charge in [-0.15, -0.1) is 0 Å². The number of halogens is 2. The summed E-state index contributed by atoms with van der Waals surface area (Å²) in [6, 6.07) is 3.43. The molecular formula is C10H15F2NO2S. The smallest absolute Gasteiger partial charge is 0.284 e. The Kier molecular flexibility index (Phi) is 5.79. The molecule has 92 valence electrons. The SMILES string of the molecule is CC(CO)NCc1ccc(CSC(F)F)o1. The highest BCUT2D eigenvalue weighted by atomic mass is 32.2. The first-order chi connectivity index (χ1) is 7.61. The molecule has 1 aromatic heterocycles. The lowest BCUT2D eigenvalue weighted by Crippen LogP contribution is -2.28. The summed E-state index contributed by atoms with van der Waals surface area (Å²) in [7, 11) is 0. The summed E-state index contributed by atoms with van der Waals surface area (Å²) in [5, 5.41) is 11.8. The maximum atomic E-state index is 11.9. The van der Waals surface area contributed by atoms with Crippen molar-refractivity contribution in [2.75, 3.05) is 6.61 Å². The molecule has 0 aliphatic heterocycles. The predicted molar refractivity (Wildman–Crippen MR) is 59.4 cm³/mol. The van der Waals surface area contributed by atoms with Crippen LogP contribution in [0, 0.1) is 0 Å². The third-order valence-corrected chi connectivity index (χ3v) is 2.67. The quantitative estimate of drug-likeness (QED) is 0.780. The van der Waals surface area contributed by atoms with Crippen molar-refractivity contribution in [2.45, 2.75) is 31.0 Å². The fourth-order valence-corrected chi connectivity index (χ4v) is 1.52. The fourth-order valence-electron chi connectivity index (χ4n) is 1.08. The number of nitrogens with one attached hydrogen (secondary N) is 1. The molecule has 1 rings (SSSR count). The topological polar surface area (TPSA) is 45.4 Å². The molecule has 0 saturated carbocycles. The van der Waals surface area contributed by atoms with E-state index in [-0.39, 0.29) is 18.4 Å². The lowest BCUT2D eigenvalue weighted by molar-refractivity contribution is 0.247. The minimum atomic E-state index is -2.37. The first-order valence-electron chi connectivity index (χ1n) is 4.93. The molecule has 0 amide bonds. The molecule has 0 aromatic carbocycles. The third kappa shape index (κ3) is 4.96. The van der Waals surface area contributed by atoms with Gasteiger partial charge in [0.05, 0.1) is 18.9 Å². The van der Waals surface area contributed by atoms with Crippen LogP contribution in [0.4, 0.5) is 8.78 Å². The Bertz CT molecular complexity index is 307. The van der Waals surface area contributed by atoms with Gasteiger partial charge in [0.1, 0.15) is 11.5 Å². The zero-order chi connectivity index (χ0) is 12.0. The van der Waals surface area contributed by atoms with Crippen molar-refractivity contribution in [1.82, 2.24) is 5.32 Å². The van der Waals surface area contributed by atoms with Crippen LogP contribution in [0.2, 0.25) is 0 Å². The number of hydrogen-bond donors (Lipinski definition) is 2. The van der Waals surface area contributed by atoms with Crippen LogP contribution in [-0.2, 0) is 12.3 Å². The van der Waals surface area contributed by atoms with E-state index >= 15 is 0 Å². The summed E-state index contributed by atoms with van der Waals surface area (Å²) in [5.41, 5.74) is 0. The van der Waals surface area contributed by atoms with Crippen molar-refractivity contribution in [3.8, 4) is 0 Å². The average Bonchev–Trinajstić information content (AvgIpc) is 2.71. The van der Waals surface area contributed by atoms with Crippen LogP contribution in [-0.4, -0.2) is 23.5 Å². The molecule has 0 fully saturated rings. The van der Waals surface area contributed by atoms with Crippen molar-refractivity contribution in [3.63, 3.8) is 0 Å². The molecule has 6 heteroatoms. The summed E-state index contributed by atoms with van der Waals surface area (Å²) in [6.07, 6.45) is 0. The summed E-state index contributed by atoms with van der Waals surface area (Å²) in [4.78, 5) is 0. The van der Waals surface area contributed by atoms with Crippen molar-refractivity contribution in [1.29, 1.82) is 0 Å². The van der Waals surface area contributed by atoms with Crippen LogP contribution in [0.1, 0.15) is 18.4 Å². The second-order valence-electron chi connectivity index (χ2n) is 3.40. The number of hydrogen-bond acceptors (Lipinski definition) is 4. The highest BCUT2D eigenvalue weighted by Crippen LogP contribution is 2.21. The van der Waals surface area contributed by atoms with Crippen molar-refractivity contribution >= 4 is 11.8 Å². The molecule has 1 unspecified atom stereocenters. The van der Waals surface area contributed by atoms with Gasteiger partial charge in [-0.05, 0) is 19.1 Å². The zero-order valence-electron chi connectivity index (χ0n) is 8.95. The van der Waals surface area contributed by atoms with E-state index in [1.807, 2.05) is 6.92 Å². The van der Waals surface area contributed by atoms with E-state index in [1.54, 1.807) is 12.1 Å². The van der Waals surface area contributed by atoms with E-state index < -0.39 is 5.76 Å². The number of furan rings is 1. The van der Waals surface area contributed by atoms with Crippen LogP contribution in [0.15, 0.2) is 16.5 Å². The van der Waals surface area contributed by atoms with Gasteiger partial charge in [0.15, 0.2) is 0 Å². The Hall–Kier alpha value is -0.590. The molecule has 2 N–H and O–H groups in total. The second-order valence-corrected chi connectivity index (χ2v) is 4.38. The maximum Gasteiger partial charge on any atom is 0.284 e. The first kappa shape index (κ1) is 13.5. The third-order valence-electron chi connectivity index (χ3n) is 1.97. The van der Waals surface area contributed by atoms with Gasteiger partial charge < -0.3 is 14.8 Å². The van der Waals surface area contributed by atoms with E-state index in [2.05, 4.69) is 5.32 Å². The highest BCUT2D eigenvalue weighted by molar-refractivity contribution is 7.98. The maximum absolute atomic E-state index is 11.9. The summed E-state index contributed by atoms with van der Waals surface area (Å²) in [6.45, 7) is 2.38. The van der Waals surface area contributed by atoms with E-state index in [9.17, 15) is 8.78 Å². The molecule has 1 heterocycles. The Morgan fingerprint density at radius 2 is 2.12 bits per heavy atom. The molecule has 0 aliphatic carbocycles. The zero-order valence-corrected chi connectivity index (χ0v) is 9.77. The lowest BCUT2D eigenvalue weighted by Gasteiger charge is -2.08. The van der Waals surface area contributed by atoms with Crippen LogP contribution < -0.4 is 5.32 Å². The van der Waals surface area contributed by atoms with Crippen LogP contribution >= 0.6 is 11.8 Å². The van der Waals surface area contributed by atoms with Crippen molar-refractivity contribution < 1.29 is 18.3 Å². The Labute approximate surface area is 97.2 Å². The van der Waals surface area contributed by atoms with Gasteiger partial charge in [0, 0.05) is 6.04 Å². The Balaban J connectivity index is 2.33. The van der Waals surface area contributed by atoms with Gasteiger partial charge in [0.25, 0.3) is 5.76 Å². The van der Waals surface area contributed by atoms with Crippen molar-refractivity contribution in [3.05, 3.63) is 23.7 Å². The molecule has 1 atom stereocenters. The largest absolute Gasteiger partial charge is 0.464 e. The van der Waals surface area contributed by atoms with E-state index in [0.717, 1.165) is 0 Å². The minimum absolute atomic E-state index is 0.0102. The molecule has 0 saturated heterocycles. The molecule has 0 spiro atoms. The second kappa shape index (κ2) is 6.88. The number of aliphatic hydroxyl groups excluding tert-OH is 1. The molecule has 0 radical (unpaired) electrons. The fraction of sp³-hybridized carbons (Fsp3) is 0.600. The number of rotatable bonds is 7. The monoisotopic (exact) mass is 251 g/mol. The van der Waals surface area contributed by atoms with E-state index in [0.29, 0.717) is 29.8 Å². The summed E-state index contributed by atoms with van der Waals surface area (Å²) in [5.74, 6) is -0.974. The lowest BCUT2D eigenvalue weighted by atomic mass is 10.3. The molecular weight excluding hydrogens is 236 g/mol. The summed E-state index contributed by atoms with van der Waals surface area (Å²) < 4.78 is 29.1. The molecule has 16 heavy (non-hydrogen) atoms. The minimum Gasteiger partial charge on any atom is -0.464 e. The normalized spacial score (nSPS) is 13.3. The van der Waals surface area contributed by atoms with Crippen LogP contribution in [0.3, 0.4) is 0 Å². The Morgan fingerprint density at radius 3 is 2.75 bits per heavy atom. The van der Waals surface area contributed by atoms with E-state index in [4.69, 9.17) is 9.52 Å². The van der Waals surface area contributed by atoms with E-state index in [1.165, 1.54) is 0 Å². The molecule has 0 aliphatic rings. The molecule has 3 nitrogen and oxygen atoms in total. The van der Waals surface area contributed by atoms with Crippen LogP contribution in [0.5, 0.6) is 0 Å². The van der Waals surface area contributed by atoms with Gasteiger partial charge >= 0.3 is 0 Å². The highest BCUT2D eigenvalue weighted by Gasteiger charge is 2.07. The van der Waals surface area contributed by atoms with Gasteiger partial charge in [0.2, 0.25) is 0 Å². The Morgan fingerprint density at radius 1 is 1.44 bits per heavy atom. The summed E-state index contributed by atoms with van der Waals surface area (Å²) >= 11 is 0.539. The first-order valence-corrected chi connectivity index (χ1v) is 5.98. The van der Waals surface area contributed by atoms with Crippen molar-refractivity contribution in [2.24, 2.45) is 0 Å². The van der Waals surface area contributed by atoms with Gasteiger partial charge in [-0.3, -0.25) is 0 Å². The number of aliphatic hydroxyl groups is 1.